The van der Waals surface area contributed by atoms with Gasteiger partial charge in [0.1, 0.15) is 5.82 Å². The second-order valence-electron chi connectivity index (χ2n) is 4.93. The molecule has 2 aromatic carbocycles. The van der Waals surface area contributed by atoms with Gasteiger partial charge in [-0.25, -0.2) is 4.98 Å². The summed E-state index contributed by atoms with van der Waals surface area (Å²) in [5.74, 6) is 0.487. The van der Waals surface area contributed by atoms with Gasteiger partial charge in [-0.05, 0) is 28.3 Å². The Balaban J connectivity index is 1.73. The fourth-order valence-electron chi connectivity index (χ4n) is 2.10. The minimum absolute atomic E-state index is 0.0555. The molecule has 5 nitrogen and oxygen atoms in total. The van der Waals surface area contributed by atoms with Crippen LogP contribution in [-0.2, 0) is 6.61 Å². The highest BCUT2D eigenvalue weighted by atomic mass is 32.1. The Morgan fingerprint density at radius 1 is 1.17 bits per heavy atom. The van der Waals surface area contributed by atoms with Gasteiger partial charge in [-0.2, -0.15) is 5.10 Å². The first-order chi connectivity index (χ1) is 11.2. The third-order valence-corrected chi connectivity index (χ3v) is 4.02. The van der Waals surface area contributed by atoms with Gasteiger partial charge in [-0.15, -0.1) is 11.3 Å². The number of hydrogen-bond acceptors (Lipinski definition) is 6. The number of aliphatic hydroxyl groups is 1. The molecule has 0 radical (unpaired) electrons. The molecule has 0 amide bonds. The molecule has 0 aliphatic heterocycles. The van der Waals surface area contributed by atoms with Crippen molar-refractivity contribution < 1.29 is 5.11 Å². The summed E-state index contributed by atoms with van der Waals surface area (Å²) in [6.07, 6.45) is 1.74. The Hall–Kier alpha value is -2.70. The predicted molar refractivity (Wildman–Crippen MR) is 95.5 cm³/mol. The van der Waals surface area contributed by atoms with Crippen molar-refractivity contribution in [2.45, 2.75) is 6.61 Å². The van der Waals surface area contributed by atoms with E-state index in [1.807, 2.05) is 42.5 Å². The van der Waals surface area contributed by atoms with E-state index in [0.29, 0.717) is 10.9 Å². The molecular formula is C17H16N4OS. The maximum atomic E-state index is 9.10. The van der Waals surface area contributed by atoms with Crippen molar-refractivity contribution in [1.29, 1.82) is 0 Å². The van der Waals surface area contributed by atoms with E-state index >= 15 is 0 Å². The molecule has 0 aliphatic carbocycles. The quantitative estimate of drug-likeness (QED) is 0.496. The van der Waals surface area contributed by atoms with E-state index in [1.54, 1.807) is 11.6 Å². The summed E-state index contributed by atoms with van der Waals surface area (Å²) in [6.45, 7) is 0.0555. The van der Waals surface area contributed by atoms with Crippen LogP contribution in [0.15, 0.2) is 59.0 Å². The fraction of sp³-hybridized carbons (Fsp3) is 0.0588. The lowest BCUT2D eigenvalue weighted by Gasteiger charge is -2.04. The van der Waals surface area contributed by atoms with E-state index in [0.717, 1.165) is 22.3 Å². The average molecular weight is 324 g/mol. The van der Waals surface area contributed by atoms with Gasteiger partial charge in [0.15, 0.2) is 0 Å². The monoisotopic (exact) mass is 324 g/mol. The summed E-state index contributed by atoms with van der Waals surface area (Å²) < 4.78 is 0. The van der Waals surface area contributed by atoms with Crippen molar-refractivity contribution in [2.24, 2.45) is 5.10 Å². The van der Waals surface area contributed by atoms with Gasteiger partial charge in [-0.1, -0.05) is 42.5 Å². The number of nitrogen functional groups attached to an aromatic ring is 1. The summed E-state index contributed by atoms with van der Waals surface area (Å²) >= 11 is 1.41. The van der Waals surface area contributed by atoms with Crippen LogP contribution >= 0.6 is 11.3 Å². The van der Waals surface area contributed by atoms with E-state index in [2.05, 4.69) is 21.6 Å². The summed E-state index contributed by atoms with van der Waals surface area (Å²) in [6, 6.07) is 15.9. The fourth-order valence-corrected chi connectivity index (χ4v) is 2.65. The lowest BCUT2D eigenvalue weighted by Crippen LogP contribution is -1.91. The Morgan fingerprint density at radius 3 is 2.70 bits per heavy atom. The predicted octanol–water partition coefficient (Wildman–Crippen LogP) is 3.33. The number of nitrogens with one attached hydrogen (secondary N) is 1. The average Bonchev–Trinajstić information content (AvgIpc) is 3.00. The van der Waals surface area contributed by atoms with Crippen LogP contribution in [0.4, 0.5) is 10.9 Å². The molecule has 4 N–H and O–H groups in total. The minimum atomic E-state index is 0.0555. The number of rotatable bonds is 5. The first-order valence-electron chi connectivity index (χ1n) is 7.05. The van der Waals surface area contributed by atoms with E-state index in [9.17, 15) is 0 Å². The van der Waals surface area contributed by atoms with Gasteiger partial charge in [0, 0.05) is 5.38 Å². The highest BCUT2D eigenvalue weighted by Crippen LogP contribution is 2.21. The highest BCUT2D eigenvalue weighted by molar-refractivity contribution is 7.14. The lowest BCUT2D eigenvalue weighted by atomic mass is 10.0. The largest absolute Gasteiger partial charge is 0.392 e. The molecular weight excluding hydrogens is 308 g/mol. The molecule has 1 aromatic heterocycles. The Kier molecular flexibility index (Phi) is 4.65. The summed E-state index contributed by atoms with van der Waals surface area (Å²) in [5, 5.41) is 15.7. The number of nitrogens with zero attached hydrogens (tertiary/aromatic N) is 2. The van der Waals surface area contributed by atoms with Gasteiger partial charge in [0.25, 0.3) is 0 Å². The Labute approximate surface area is 138 Å². The van der Waals surface area contributed by atoms with Gasteiger partial charge in [0.2, 0.25) is 5.13 Å². The molecule has 116 valence electrons. The van der Waals surface area contributed by atoms with Crippen LogP contribution in [-0.4, -0.2) is 16.3 Å². The second kappa shape index (κ2) is 7.04. The molecule has 23 heavy (non-hydrogen) atoms. The van der Waals surface area contributed by atoms with Crippen LogP contribution in [0.25, 0.3) is 11.1 Å². The normalized spacial score (nSPS) is 11.0. The third kappa shape index (κ3) is 3.94. The van der Waals surface area contributed by atoms with Crippen molar-refractivity contribution in [2.75, 3.05) is 11.2 Å². The van der Waals surface area contributed by atoms with Crippen LogP contribution < -0.4 is 11.2 Å². The zero-order valence-electron chi connectivity index (χ0n) is 12.3. The molecule has 0 aliphatic rings. The molecule has 0 spiro atoms. The molecule has 6 heteroatoms. The van der Waals surface area contributed by atoms with Crippen LogP contribution in [0.1, 0.15) is 11.1 Å². The summed E-state index contributed by atoms with van der Waals surface area (Å²) in [5.41, 5.74) is 12.5. The number of aromatic nitrogens is 1. The molecule has 3 rings (SSSR count). The SMILES string of the molecule is Nc1csc(NN=Cc2cccc(-c3ccc(CO)cc3)c2)n1. The molecule has 3 aromatic rings. The zero-order chi connectivity index (χ0) is 16.1. The number of hydrazone groups is 1. The molecule has 0 saturated carbocycles. The molecule has 1 heterocycles. The number of thiazole rings is 1. The first-order valence-corrected chi connectivity index (χ1v) is 7.93. The molecule has 0 bridgehead atoms. The van der Waals surface area contributed by atoms with Gasteiger partial charge < -0.3 is 10.8 Å². The van der Waals surface area contributed by atoms with Gasteiger partial charge >= 0.3 is 0 Å². The molecule has 0 fully saturated rings. The van der Waals surface area contributed by atoms with Crippen molar-refractivity contribution in [1.82, 2.24) is 4.98 Å². The van der Waals surface area contributed by atoms with E-state index in [1.165, 1.54) is 11.3 Å². The van der Waals surface area contributed by atoms with Crippen molar-refractivity contribution in [3.63, 3.8) is 0 Å². The maximum Gasteiger partial charge on any atom is 0.205 e. The van der Waals surface area contributed by atoms with E-state index < -0.39 is 0 Å². The van der Waals surface area contributed by atoms with Crippen LogP contribution in [0.2, 0.25) is 0 Å². The number of hydrogen-bond donors (Lipinski definition) is 3. The van der Waals surface area contributed by atoms with Crippen LogP contribution in [0.5, 0.6) is 0 Å². The molecule has 0 unspecified atom stereocenters. The lowest BCUT2D eigenvalue weighted by molar-refractivity contribution is 0.282. The zero-order valence-corrected chi connectivity index (χ0v) is 13.1. The van der Waals surface area contributed by atoms with Crippen molar-refractivity contribution in [3.05, 3.63) is 65.0 Å². The first kappa shape index (κ1) is 15.2. The second-order valence-corrected chi connectivity index (χ2v) is 5.79. The van der Waals surface area contributed by atoms with Crippen LogP contribution in [0, 0.1) is 0 Å². The topological polar surface area (TPSA) is 83.5 Å². The Bertz CT molecular complexity index is 811. The standard InChI is InChI=1S/C17H16N4OS/c18-16-11-23-17(20-16)21-19-9-13-2-1-3-15(8-13)14-6-4-12(10-22)5-7-14/h1-9,11,22H,10,18H2,(H,20,21). The van der Waals surface area contributed by atoms with Crippen molar-refractivity contribution >= 4 is 28.5 Å². The number of benzene rings is 2. The summed E-state index contributed by atoms with van der Waals surface area (Å²) in [7, 11) is 0. The number of aliphatic hydroxyl groups excluding tert-OH is 1. The molecule has 0 atom stereocenters. The Morgan fingerprint density at radius 2 is 2.00 bits per heavy atom. The third-order valence-electron chi connectivity index (χ3n) is 3.25. The van der Waals surface area contributed by atoms with Crippen molar-refractivity contribution in [3.8, 4) is 11.1 Å². The van der Waals surface area contributed by atoms with Gasteiger partial charge in [0.05, 0.1) is 12.8 Å². The van der Waals surface area contributed by atoms with E-state index in [-0.39, 0.29) is 6.61 Å². The molecule has 0 saturated heterocycles. The van der Waals surface area contributed by atoms with Gasteiger partial charge in [-0.3, -0.25) is 5.43 Å². The smallest absolute Gasteiger partial charge is 0.205 e. The number of nitrogens with two attached hydrogens (primary N) is 1. The maximum absolute atomic E-state index is 9.10. The van der Waals surface area contributed by atoms with E-state index in [4.69, 9.17) is 10.8 Å². The summed E-state index contributed by atoms with van der Waals surface area (Å²) in [4.78, 5) is 4.07. The minimum Gasteiger partial charge on any atom is -0.392 e. The number of anilines is 2. The van der Waals surface area contributed by atoms with Crippen LogP contribution in [0.3, 0.4) is 0 Å². The highest BCUT2D eigenvalue weighted by Gasteiger charge is 1.99.